The number of pyridine rings is 1. The lowest BCUT2D eigenvalue weighted by Gasteiger charge is -2.34. The standard InChI is InChI=1S/C32H43N9O4S/c1-31(2,3)25-18-27(37-29(36-25)39-46(6,43)44)38-30(42)35-23-13-14-24(22-11-8-7-10-21(22)23)45-20-12-15-26(33)41(19-20)28(34)32(4)16-9-17-40(32)5/h7-8,10-12,15,18-19,23-24,33-34H,9,13-14,16-17H2,1-6H3,(H3,35,36,37,38,39,42)/t23-,24+,32-/m0/s1. The van der Waals surface area contributed by atoms with Gasteiger partial charge in [-0.25, -0.2) is 18.2 Å². The fourth-order valence-corrected chi connectivity index (χ4v) is 6.42. The molecule has 5 N–H and O–H groups in total. The number of ether oxygens (including phenoxy) is 1. The van der Waals surface area contributed by atoms with Gasteiger partial charge in [-0.2, -0.15) is 4.98 Å². The molecule has 1 saturated heterocycles. The molecule has 3 heterocycles. The summed E-state index contributed by atoms with van der Waals surface area (Å²) >= 11 is 0. The summed E-state index contributed by atoms with van der Waals surface area (Å²) in [5.41, 5.74) is 1.76. The van der Waals surface area contributed by atoms with Crippen LogP contribution in [0.2, 0.25) is 0 Å². The maximum atomic E-state index is 13.2. The Morgan fingerprint density at radius 2 is 1.83 bits per heavy atom. The molecule has 1 aliphatic heterocycles. The van der Waals surface area contributed by atoms with Crippen LogP contribution < -0.4 is 25.6 Å². The quantitative estimate of drug-likeness (QED) is 0.185. The van der Waals surface area contributed by atoms with E-state index < -0.39 is 27.0 Å². The number of anilines is 2. The number of amides is 2. The number of hydrogen-bond donors (Lipinski definition) is 5. The number of aromatic nitrogens is 3. The first-order valence-corrected chi connectivity index (χ1v) is 17.2. The molecule has 13 nitrogen and oxygen atoms in total. The SMILES string of the molecule is CN1CCC[C@@]1(C)C(=N)n1cc(O[C@@H]2CC[C@H](NC(=O)Nc3cc(C(C)(C)C)nc(NS(C)(=O)=O)n3)c3ccccc32)ccc1=N. The van der Waals surface area contributed by atoms with Crippen LogP contribution in [-0.4, -0.2) is 65.1 Å². The van der Waals surface area contributed by atoms with Crippen LogP contribution in [0, 0.1) is 10.8 Å². The van der Waals surface area contributed by atoms with Gasteiger partial charge >= 0.3 is 6.03 Å². The molecule has 0 saturated carbocycles. The summed E-state index contributed by atoms with van der Waals surface area (Å²) in [6, 6.07) is 12.0. The predicted molar refractivity (Wildman–Crippen MR) is 177 cm³/mol. The Bertz CT molecular complexity index is 1820. The minimum absolute atomic E-state index is 0.118. The second-order valence-corrected chi connectivity index (χ2v) is 15.1. The van der Waals surface area contributed by atoms with Crippen molar-refractivity contribution in [3.05, 3.63) is 71.0 Å². The van der Waals surface area contributed by atoms with Crippen molar-refractivity contribution in [2.24, 2.45) is 0 Å². The summed E-state index contributed by atoms with van der Waals surface area (Å²) in [5, 5.41) is 23.2. The molecule has 1 fully saturated rings. The molecule has 14 heteroatoms. The lowest BCUT2D eigenvalue weighted by molar-refractivity contribution is 0.171. The Balaban J connectivity index is 1.32. The van der Waals surface area contributed by atoms with Crippen molar-refractivity contribution in [2.75, 3.05) is 29.9 Å². The van der Waals surface area contributed by atoms with Crippen molar-refractivity contribution < 1.29 is 17.9 Å². The summed E-state index contributed by atoms with van der Waals surface area (Å²) in [7, 11) is -1.61. The molecule has 5 rings (SSSR count). The monoisotopic (exact) mass is 649 g/mol. The third-order valence-electron chi connectivity index (χ3n) is 8.70. The zero-order chi connectivity index (χ0) is 33.4. The van der Waals surface area contributed by atoms with Gasteiger partial charge in [-0.15, -0.1) is 0 Å². The number of carbonyl (C=O) groups is 1. The van der Waals surface area contributed by atoms with Gasteiger partial charge in [0.15, 0.2) is 0 Å². The number of nitrogens with zero attached hydrogens (tertiary/aromatic N) is 4. The van der Waals surface area contributed by atoms with Crippen LogP contribution in [0.3, 0.4) is 0 Å². The highest BCUT2D eigenvalue weighted by Gasteiger charge is 2.39. The van der Waals surface area contributed by atoms with Crippen LogP contribution in [0.15, 0.2) is 48.7 Å². The molecule has 0 bridgehead atoms. The number of rotatable bonds is 7. The number of urea groups is 1. The molecule has 0 radical (unpaired) electrons. The Morgan fingerprint density at radius 1 is 1.11 bits per heavy atom. The Hall–Kier alpha value is -4.30. The largest absolute Gasteiger partial charge is 0.484 e. The molecule has 2 aliphatic rings. The first kappa shape index (κ1) is 33.1. The number of sulfonamides is 1. The van der Waals surface area contributed by atoms with E-state index in [0.29, 0.717) is 30.1 Å². The zero-order valence-electron chi connectivity index (χ0n) is 27.1. The minimum atomic E-state index is -3.62. The van der Waals surface area contributed by atoms with Crippen molar-refractivity contribution in [3.63, 3.8) is 0 Å². The van der Waals surface area contributed by atoms with Crippen LogP contribution >= 0.6 is 0 Å². The molecule has 3 atom stereocenters. The molecule has 2 aromatic heterocycles. The summed E-state index contributed by atoms with van der Waals surface area (Å²) in [5.74, 6) is 0.960. The molecule has 2 amide bonds. The van der Waals surface area contributed by atoms with Gasteiger partial charge in [0.05, 0.1) is 29.7 Å². The molecule has 3 aromatic rings. The van der Waals surface area contributed by atoms with Crippen molar-refractivity contribution in [1.82, 2.24) is 24.8 Å². The first-order chi connectivity index (χ1) is 21.5. The molecule has 1 aliphatic carbocycles. The van der Waals surface area contributed by atoms with E-state index in [2.05, 4.69) is 30.2 Å². The summed E-state index contributed by atoms with van der Waals surface area (Å²) in [6.07, 6.45) is 5.52. The van der Waals surface area contributed by atoms with Gasteiger partial charge in [0.25, 0.3) is 0 Å². The molecule has 1 aromatic carbocycles. The van der Waals surface area contributed by atoms with E-state index in [1.54, 1.807) is 29.0 Å². The fraction of sp³-hybridized carbons (Fsp3) is 0.469. The lowest BCUT2D eigenvalue weighted by Crippen LogP contribution is -2.50. The van der Waals surface area contributed by atoms with Gasteiger partial charge in [-0.05, 0) is 69.5 Å². The summed E-state index contributed by atoms with van der Waals surface area (Å²) in [4.78, 5) is 23.9. The smallest absolute Gasteiger partial charge is 0.320 e. The minimum Gasteiger partial charge on any atom is -0.484 e. The number of likely N-dealkylation sites (N-methyl/N-ethyl adjacent to an activating group) is 1. The lowest BCUT2D eigenvalue weighted by atomic mass is 9.85. The van der Waals surface area contributed by atoms with Gasteiger partial charge in [0.1, 0.15) is 29.0 Å². The van der Waals surface area contributed by atoms with E-state index in [-0.39, 0.29) is 29.4 Å². The highest BCUT2D eigenvalue weighted by Crippen LogP contribution is 2.39. The average Bonchev–Trinajstić information content (AvgIpc) is 3.32. The van der Waals surface area contributed by atoms with E-state index in [4.69, 9.17) is 15.6 Å². The molecule has 246 valence electrons. The van der Waals surface area contributed by atoms with Crippen LogP contribution in [0.4, 0.5) is 16.6 Å². The molecule has 0 spiro atoms. The molecular formula is C32H43N9O4S. The normalized spacial score (nSPS) is 21.7. The third-order valence-corrected chi connectivity index (χ3v) is 9.26. The Morgan fingerprint density at radius 3 is 2.48 bits per heavy atom. The fourth-order valence-electron chi connectivity index (χ4n) is 6.00. The first-order valence-electron chi connectivity index (χ1n) is 15.3. The highest BCUT2D eigenvalue weighted by atomic mass is 32.2. The number of likely N-dealkylation sites (tertiary alicyclic amines) is 1. The predicted octanol–water partition coefficient (Wildman–Crippen LogP) is 4.51. The van der Waals surface area contributed by atoms with E-state index in [9.17, 15) is 13.2 Å². The Kier molecular flexibility index (Phi) is 8.97. The van der Waals surface area contributed by atoms with Gasteiger partial charge < -0.3 is 10.1 Å². The molecule has 46 heavy (non-hydrogen) atoms. The van der Waals surface area contributed by atoms with Gasteiger partial charge in [0.2, 0.25) is 16.0 Å². The van der Waals surface area contributed by atoms with Crippen molar-refractivity contribution in [1.29, 1.82) is 10.8 Å². The number of hydrogen-bond acceptors (Lipinski definition) is 9. The van der Waals surface area contributed by atoms with Gasteiger partial charge in [-0.1, -0.05) is 45.0 Å². The van der Waals surface area contributed by atoms with E-state index in [1.807, 2.05) is 59.0 Å². The second kappa shape index (κ2) is 12.5. The van der Waals surface area contributed by atoms with Crippen LogP contribution in [0.25, 0.3) is 0 Å². The average molecular weight is 650 g/mol. The number of carbonyl (C=O) groups excluding carboxylic acids is 1. The third kappa shape index (κ3) is 7.23. The van der Waals surface area contributed by atoms with E-state index in [0.717, 1.165) is 36.8 Å². The van der Waals surface area contributed by atoms with Crippen molar-refractivity contribution in [3.8, 4) is 5.75 Å². The van der Waals surface area contributed by atoms with Crippen molar-refractivity contribution >= 4 is 33.7 Å². The van der Waals surface area contributed by atoms with Crippen LogP contribution in [0.5, 0.6) is 5.75 Å². The Labute approximate surface area is 269 Å². The van der Waals surface area contributed by atoms with Crippen LogP contribution in [0.1, 0.15) is 82.3 Å². The molecular weight excluding hydrogens is 606 g/mol. The van der Waals surface area contributed by atoms with Gasteiger partial charge in [0, 0.05) is 11.5 Å². The number of fused-ring (bicyclic) bond motifs is 1. The van der Waals surface area contributed by atoms with E-state index in [1.165, 1.54) is 0 Å². The number of benzene rings is 1. The van der Waals surface area contributed by atoms with Crippen LogP contribution in [-0.2, 0) is 15.4 Å². The summed E-state index contributed by atoms with van der Waals surface area (Å²) < 4.78 is 34.0. The van der Waals surface area contributed by atoms with Crippen molar-refractivity contribution in [2.45, 2.75) is 76.5 Å². The molecule has 0 unspecified atom stereocenters. The zero-order valence-corrected chi connectivity index (χ0v) is 28.0. The van der Waals surface area contributed by atoms with Gasteiger partial charge in [-0.3, -0.25) is 30.3 Å². The number of nitrogens with one attached hydrogen (secondary N) is 5. The second-order valence-electron chi connectivity index (χ2n) is 13.3. The summed E-state index contributed by atoms with van der Waals surface area (Å²) in [6.45, 7) is 8.75. The van der Waals surface area contributed by atoms with E-state index >= 15 is 0 Å². The maximum absolute atomic E-state index is 13.2. The topological polar surface area (TPSA) is 178 Å². The maximum Gasteiger partial charge on any atom is 0.320 e. The highest BCUT2D eigenvalue weighted by molar-refractivity contribution is 7.92.